The quantitative estimate of drug-likeness (QED) is 0.725. The molecule has 1 aliphatic rings. The van der Waals surface area contributed by atoms with Gasteiger partial charge in [0.15, 0.2) is 0 Å². The van der Waals surface area contributed by atoms with Gasteiger partial charge in [-0.1, -0.05) is 18.2 Å². The fourth-order valence-corrected chi connectivity index (χ4v) is 5.30. The summed E-state index contributed by atoms with van der Waals surface area (Å²) in [4.78, 5) is 0.338. The van der Waals surface area contributed by atoms with Gasteiger partial charge in [0.25, 0.3) is 0 Å². The molecule has 0 bridgehead atoms. The van der Waals surface area contributed by atoms with Gasteiger partial charge in [-0.2, -0.15) is 4.31 Å². The number of rotatable bonds is 5. The number of aryl methyl sites for hydroxylation is 1. The first-order valence-corrected chi connectivity index (χ1v) is 10.5. The molecule has 0 aliphatic carbocycles. The van der Waals surface area contributed by atoms with Crippen molar-refractivity contribution in [3.63, 3.8) is 0 Å². The predicted molar refractivity (Wildman–Crippen MR) is 102 cm³/mol. The Morgan fingerprint density at radius 3 is 2.67 bits per heavy atom. The summed E-state index contributed by atoms with van der Waals surface area (Å²) in [5.74, 6) is 0. The van der Waals surface area contributed by atoms with Crippen molar-refractivity contribution < 1.29 is 13.0 Å². The average molecular weight is 386 g/mol. The van der Waals surface area contributed by atoms with Crippen LogP contribution in [0.25, 0.3) is 11.0 Å². The predicted octanol–water partition coefficient (Wildman–Crippen LogP) is 2.47. The van der Waals surface area contributed by atoms with E-state index < -0.39 is 10.0 Å². The number of nitrogens with one attached hydrogen (secondary N) is 1. The van der Waals surface area contributed by atoms with Crippen molar-refractivity contribution in [1.82, 2.24) is 19.9 Å². The molecule has 0 saturated carbocycles. The van der Waals surface area contributed by atoms with E-state index in [0.29, 0.717) is 22.5 Å². The molecular formula is C19H22N4O3S. The molecule has 4 rings (SSSR count). The second kappa shape index (κ2) is 7.38. The van der Waals surface area contributed by atoms with Crippen LogP contribution >= 0.6 is 0 Å². The first kappa shape index (κ1) is 18.1. The lowest BCUT2D eigenvalue weighted by Crippen LogP contribution is -2.45. The zero-order chi connectivity index (χ0) is 18.9. The Balaban J connectivity index is 1.71. The minimum absolute atomic E-state index is 0.0390. The number of piperidine rings is 1. The number of nitrogens with zero attached hydrogens (tertiary/aromatic N) is 3. The van der Waals surface area contributed by atoms with Crippen LogP contribution in [0, 0.1) is 6.92 Å². The van der Waals surface area contributed by atoms with E-state index in [0.717, 1.165) is 37.1 Å². The maximum atomic E-state index is 13.5. The molecule has 0 amide bonds. The van der Waals surface area contributed by atoms with Gasteiger partial charge in [-0.15, -0.1) is 0 Å². The number of hydrogen-bond acceptors (Lipinski definition) is 6. The smallest absolute Gasteiger partial charge is 0.243 e. The van der Waals surface area contributed by atoms with Gasteiger partial charge in [-0.05, 0) is 78.6 Å². The van der Waals surface area contributed by atoms with Crippen molar-refractivity contribution in [1.29, 1.82) is 0 Å². The Morgan fingerprint density at radius 1 is 1.11 bits per heavy atom. The minimum atomic E-state index is -3.62. The monoisotopic (exact) mass is 386 g/mol. The third-order valence-corrected chi connectivity index (χ3v) is 6.86. The summed E-state index contributed by atoms with van der Waals surface area (Å²) < 4.78 is 33.3. The normalized spacial score (nSPS) is 16.2. The number of hydrogen-bond donors (Lipinski definition) is 1. The molecule has 0 radical (unpaired) electrons. The lowest BCUT2D eigenvalue weighted by atomic mass is 10.1. The number of benzene rings is 2. The molecule has 0 spiro atoms. The summed E-state index contributed by atoms with van der Waals surface area (Å²) in [6.45, 7) is 3.83. The highest BCUT2D eigenvalue weighted by atomic mass is 32.2. The maximum absolute atomic E-state index is 13.5. The lowest BCUT2D eigenvalue weighted by molar-refractivity contribution is 0.256. The summed E-state index contributed by atoms with van der Waals surface area (Å²) in [6, 6.07) is 12.6. The second-order valence-electron chi connectivity index (χ2n) is 6.94. The molecule has 0 atom stereocenters. The van der Waals surface area contributed by atoms with Crippen LogP contribution in [0.3, 0.4) is 0 Å². The van der Waals surface area contributed by atoms with Crippen LogP contribution in [0.15, 0.2) is 52.0 Å². The third kappa shape index (κ3) is 3.73. The van der Waals surface area contributed by atoms with E-state index in [-0.39, 0.29) is 6.04 Å². The van der Waals surface area contributed by atoms with Crippen molar-refractivity contribution in [2.45, 2.75) is 37.2 Å². The van der Waals surface area contributed by atoms with E-state index in [1.807, 2.05) is 25.1 Å². The van der Waals surface area contributed by atoms with Crippen molar-refractivity contribution in [2.75, 3.05) is 13.1 Å². The Kier molecular flexibility index (Phi) is 4.94. The van der Waals surface area contributed by atoms with Gasteiger partial charge in [0.05, 0.1) is 4.90 Å². The molecule has 1 saturated heterocycles. The number of sulfonamides is 1. The summed E-state index contributed by atoms with van der Waals surface area (Å²) in [5, 5.41) is 11.0. The van der Waals surface area contributed by atoms with Crippen LogP contribution in [0.5, 0.6) is 0 Å². The van der Waals surface area contributed by atoms with Crippen LogP contribution in [0.1, 0.15) is 24.0 Å². The highest BCUT2D eigenvalue weighted by molar-refractivity contribution is 7.89. The Labute approximate surface area is 158 Å². The van der Waals surface area contributed by atoms with Crippen molar-refractivity contribution in [2.24, 2.45) is 0 Å². The minimum Gasteiger partial charge on any atom is -0.317 e. The van der Waals surface area contributed by atoms with Crippen LogP contribution in [0.4, 0.5) is 0 Å². The zero-order valence-corrected chi connectivity index (χ0v) is 15.9. The standard InChI is InChI=1S/C19H22N4O3S/c1-14-3-2-4-17(11-14)27(24,25)23(16-7-9-20-10-8-16)13-15-5-6-18-19(12-15)22-26-21-18/h2-6,11-12,16,20H,7-10,13H2,1H3. The highest BCUT2D eigenvalue weighted by Gasteiger charge is 2.32. The maximum Gasteiger partial charge on any atom is 0.243 e. The first-order chi connectivity index (χ1) is 13.0. The summed E-state index contributed by atoms with van der Waals surface area (Å²) in [7, 11) is -3.62. The van der Waals surface area contributed by atoms with Crippen molar-refractivity contribution in [3.8, 4) is 0 Å². The Morgan fingerprint density at radius 2 is 1.89 bits per heavy atom. The van der Waals surface area contributed by atoms with Gasteiger partial charge in [-0.3, -0.25) is 0 Å². The van der Waals surface area contributed by atoms with E-state index in [4.69, 9.17) is 4.63 Å². The molecule has 27 heavy (non-hydrogen) atoms. The fraction of sp³-hybridized carbons (Fsp3) is 0.368. The van der Waals surface area contributed by atoms with Crippen molar-refractivity contribution >= 4 is 21.1 Å². The molecule has 142 valence electrons. The Bertz CT molecular complexity index is 1040. The van der Waals surface area contributed by atoms with Gasteiger partial charge in [0.1, 0.15) is 11.0 Å². The largest absolute Gasteiger partial charge is 0.317 e. The molecule has 1 fully saturated rings. The third-order valence-electron chi connectivity index (χ3n) is 4.97. The van der Waals surface area contributed by atoms with E-state index in [1.54, 1.807) is 28.6 Å². The van der Waals surface area contributed by atoms with Gasteiger partial charge in [0, 0.05) is 12.6 Å². The molecule has 7 nitrogen and oxygen atoms in total. The van der Waals surface area contributed by atoms with E-state index in [9.17, 15) is 8.42 Å². The lowest BCUT2D eigenvalue weighted by Gasteiger charge is -2.34. The SMILES string of the molecule is Cc1cccc(S(=O)(=O)N(Cc2ccc3nonc3c2)C2CCNCC2)c1. The molecule has 1 aromatic heterocycles. The zero-order valence-electron chi connectivity index (χ0n) is 15.1. The molecule has 2 heterocycles. The molecule has 1 N–H and O–H groups in total. The molecule has 2 aromatic carbocycles. The highest BCUT2D eigenvalue weighted by Crippen LogP contribution is 2.26. The van der Waals surface area contributed by atoms with Crippen molar-refractivity contribution in [3.05, 3.63) is 53.6 Å². The topological polar surface area (TPSA) is 88.3 Å². The fourth-order valence-electron chi connectivity index (χ4n) is 3.52. The molecular weight excluding hydrogens is 364 g/mol. The van der Waals surface area contributed by atoms with Gasteiger partial charge in [0.2, 0.25) is 10.0 Å². The van der Waals surface area contributed by atoms with E-state index >= 15 is 0 Å². The summed E-state index contributed by atoms with van der Waals surface area (Å²) in [5.41, 5.74) is 3.09. The number of fused-ring (bicyclic) bond motifs is 1. The van der Waals surface area contributed by atoms with Crippen LogP contribution in [-0.2, 0) is 16.6 Å². The van der Waals surface area contributed by atoms with E-state index in [1.165, 1.54) is 0 Å². The van der Waals surface area contributed by atoms with E-state index in [2.05, 4.69) is 15.6 Å². The first-order valence-electron chi connectivity index (χ1n) is 9.04. The molecule has 8 heteroatoms. The molecule has 3 aromatic rings. The molecule has 1 aliphatic heterocycles. The second-order valence-corrected chi connectivity index (χ2v) is 8.83. The van der Waals surface area contributed by atoms with Gasteiger partial charge < -0.3 is 5.32 Å². The average Bonchev–Trinajstić information content (AvgIpc) is 3.14. The van der Waals surface area contributed by atoms with Crippen LogP contribution in [-0.4, -0.2) is 42.2 Å². The Hall–Kier alpha value is -2.29. The summed E-state index contributed by atoms with van der Waals surface area (Å²) in [6.07, 6.45) is 1.58. The van der Waals surface area contributed by atoms with Crippen LogP contribution in [0.2, 0.25) is 0 Å². The van der Waals surface area contributed by atoms with Gasteiger partial charge >= 0.3 is 0 Å². The summed E-state index contributed by atoms with van der Waals surface area (Å²) >= 11 is 0. The van der Waals surface area contributed by atoms with Gasteiger partial charge in [-0.25, -0.2) is 13.0 Å². The number of aromatic nitrogens is 2. The molecule has 0 unspecified atom stereocenters. The van der Waals surface area contributed by atoms with Crippen LogP contribution < -0.4 is 5.32 Å².